The molecule has 0 heterocycles. The van der Waals surface area contributed by atoms with Gasteiger partial charge in [-0.1, -0.05) is 28.1 Å². The highest BCUT2D eigenvalue weighted by atomic mass is 79.9. The van der Waals surface area contributed by atoms with Crippen LogP contribution in [0.5, 0.6) is 0 Å². The average Bonchev–Trinajstić information content (AvgIpc) is 2.37. The Morgan fingerprint density at radius 2 is 1.60 bits per heavy atom. The molecule has 5 heteroatoms. The predicted molar refractivity (Wildman–Crippen MR) is 76.1 cm³/mol. The fourth-order valence-corrected chi connectivity index (χ4v) is 2.50. The highest BCUT2D eigenvalue weighted by molar-refractivity contribution is 9.10. The molecule has 106 valence electrons. The van der Waals surface area contributed by atoms with E-state index in [0.29, 0.717) is 15.6 Å². The van der Waals surface area contributed by atoms with E-state index < -0.39 is 23.5 Å². The van der Waals surface area contributed by atoms with Crippen LogP contribution in [0.4, 0.5) is 13.2 Å². The zero-order valence-electron chi connectivity index (χ0n) is 11.0. The lowest BCUT2D eigenvalue weighted by Gasteiger charge is -2.19. The van der Waals surface area contributed by atoms with Crippen LogP contribution in [0.2, 0.25) is 0 Å². The Morgan fingerprint density at radius 1 is 1.00 bits per heavy atom. The molecule has 2 rings (SSSR count). The number of halogens is 4. The number of hydrogen-bond donors (Lipinski definition) is 1. The van der Waals surface area contributed by atoms with Gasteiger partial charge in [-0.2, -0.15) is 0 Å². The first-order valence-corrected chi connectivity index (χ1v) is 6.81. The van der Waals surface area contributed by atoms with Crippen LogP contribution in [0, 0.1) is 24.4 Å². The lowest BCUT2D eigenvalue weighted by atomic mass is 9.97. The van der Waals surface area contributed by atoms with Crippen LogP contribution in [0.15, 0.2) is 34.8 Å². The minimum absolute atomic E-state index is 0.126. The second kappa shape index (κ2) is 5.97. The van der Waals surface area contributed by atoms with Gasteiger partial charge in [0.25, 0.3) is 0 Å². The Labute approximate surface area is 123 Å². The molecule has 1 unspecified atom stereocenters. The lowest BCUT2D eigenvalue weighted by Crippen LogP contribution is -2.20. The Hall–Kier alpha value is -1.33. The van der Waals surface area contributed by atoms with Crippen LogP contribution in [0.1, 0.15) is 22.7 Å². The molecule has 0 aliphatic rings. The summed E-state index contributed by atoms with van der Waals surface area (Å²) in [7, 11) is 1.57. The third-order valence-corrected chi connectivity index (χ3v) is 3.61. The van der Waals surface area contributed by atoms with Crippen LogP contribution >= 0.6 is 15.9 Å². The summed E-state index contributed by atoms with van der Waals surface area (Å²) in [5.41, 5.74) is 0.829. The second-order valence-electron chi connectivity index (χ2n) is 4.51. The van der Waals surface area contributed by atoms with Crippen LogP contribution < -0.4 is 5.32 Å². The molecule has 0 spiro atoms. The molecule has 2 aromatic rings. The summed E-state index contributed by atoms with van der Waals surface area (Å²) in [4.78, 5) is 0. The van der Waals surface area contributed by atoms with Crippen molar-refractivity contribution in [1.29, 1.82) is 0 Å². The highest BCUT2D eigenvalue weighted by Crippen LogP contribution is 2.29. The van der Waals surface area contributed by atoms with Crippen molar-refractivity contribution in [3.05, 3.63) is 68.9 Å². The summed E-state index contributed by atoms with van der Waals surface area (Å²) >= 11 is 3.04. The van der Waals surface area contributed by atoms with Gasteiger partial charge in [0.1, 0.15) is 17.5 Å². The van der Waals surface area contributed by atoms with E-state index in [0.717, 1.165) is 0 Å². The fraction of sp³-hybridized carbons (Fsp3) is 0.200. The van der Waals surface area contributed by atoms with Crippen molar-refractivity contribution in [1.82, 2.24) is 5.32 Å². The molecule has 2 aromatic carbocycles. The second-order valence-corrected chi connectivity index (χ2v) is 5.43. The fourth-order valence-electron chi connectivity index (χ4n) is 2.10. The molecule has 1 nitrogen and oxygen atoms in total. The Balaban J connectivity index is 2.55. The van der Waals surface area contributed by atoms with Gasteiger partial charge in [0.2, 0.25) is 0 Å². The van der Waals surface area contributed by atoms with Crippen molar-refractivity contribution in [2.24, 2.45) is 0 Å². The first kappa shape index (κ1) is 15.1. The molecule has 0 bridgehead atoms. The minimum Gasteiger partial charge on any atom is -0.309 e. The van der Waals surface area contributed by atoms with Crippen molar-refractivity contribution in [2.75, 3.05) is 7.05 Å². The molecule has 20 heavy (non-hydrogen) atoms. The molecule has 0 aromatic heterocycles. The summed E-state index contributed by atoms with van der Waals surface area (Å²) in [6, 6.07) is 6.15. The van der Waals surface area contributed by atoms with Crippen molar-refractivity contribution < 1.29 is 13.2 Å². The van der Waals surface area contributed by atoms with E-state index in [1.54, 1.807) is 26.1 Å². The monoisotopic (exact) mass is 343 g/mol. The summed E-state index contributed by atoms with van der Waals surface area (Å²) in [5.74, 6) is -1.77. The Kier molecular flexibility index (Phi) is 4.50. The molecule has 0 saturated carbocycles. The van der Waals surface area contributed by atoms with Crippen LogP contribution in [-0.4, -0.2) is 7.05 Å². The van der Waals surface area contributed by atoms with E-state index in [4.69, 9.17) is 0 Å². The van der Waals surface area contributed by atoms with Crippen molar-refractivity contribution in [3.63, 3.8) is 0 Å². The molecule has 0 radical (unpaired) electrons. The maximum Gasteiger partial charge on any atom is 0.132 e. The zero-order chi connectivity index (χ0) is 14.9. The van der Waals surface area contributed by atoms with Crippen molar-refractivity contribution in [2.45, 2.75) is 13.0 Å². The standard InChI is InChI=1S/C15H13BrF3N/c1-8-3-4-9(5-11(8)17)15(20-2)14-12(18)6-10(16)7-13(14)19/h3-7,15,20H,1-2H3. The highest BCUT2D eigenvalue weighted by Gasteiger charge is 2.22. The normalized spacial score (nSPS) is 12.5. The van der Waals surface area contributed by atoms with Gasteiger partial charge in [-0.25, -0.2) is 13.2 Å². The zero-order valence-corrected chi connectivity index (χ0v) is 12.6. The van der Waals surface area contributed by atoms with Gasteiger partial charge in [-0.15, -0.1) is 0 Å². The third-order valence-electron chi connectivity index (χ3n) is 3.15. The van der Waals surface area contributed by atoms with Gasteiger partial charge in [-0.05, 0) is 43.3 Å². The van der Waals surface area contributed by atoms with Gasteiger partial charge in [0, 0.05) is 10.0 Å². The maximum absolute atomic E-state index is 14.0. The first-order chi connectivity index (χ1) is 9.43. The van der Waals surface area contributed by atoms with E-state index in [9.17, 15) is 13.2 Å². The average molecular weight is 344 g/mol. The molecular formula is C15H13BrF3N. The van der Waals surface area contributed by atoms with Gasteiger partial charge >= 0.3 is 0 Å². The van der Waals surface area contributed by atoms with Crippen LogP contribution in [0.3, 0.4) is 0 Å². The Bertz CT molecular complexity index is 620. The minimum atomic E-state index is -0.752. The summed E-state index contributed by atoms with van der Waals surface area (Å²) in [5, 5.41) is 2.82. The van der Waals surface area contributed by atoms with Crippen molar-refractivity contribution in [3.8, 4) is 0 Å². The van der Waals surface area contributed by atoms with E-state index in [2.05, 4.69) is 21.2 Å². The van der Waals surface area contributed by atoms with Gasteiger partial charge in [0.15, 0.2) is 0 Å². The molecule has 0 saturated heterocycles. The first-order valence-electron chi connectivity index (χ1n) is 6.01. The number of nitrogens with one attached hydrogen (secondary N) is 1. The third kappa shape index (κ3) is 2.88. The molecule has 0 aliphatic heterocycles. The summed E-state index contributed by atoms with van der Waals surface area (Å²) in [6.45, 7) is 1.63. The SMILES string of the molecule is CNC(c1ccc(C)c(F)c1)c1c(F)cc(Br)cc1F. The smallest absolute Gasteiger partial charge is 0.132 e. The molecule has 0 fully saturated rings. The number of hydrogen-bond acceptors (Lipinski definition) is 1. The van der Waals surface area contributed by atoms with E-state index in [1.807, 2.05) is 0 Å². The molecular weight excluding hydrogens is 331 g/mol. The number of rotatable bonds is 3. The van der Waals surface area contributed by atoms with E-state index in [-0.39, 0.29) is 5.56 Å². The maximum atomic E-state index is 14.0. The quantitative estimate of drug-likeness (QED) is 0.866. The molecule has 1 N–H and O–H groups in total. The van der Waals surface area contributed by atoms with Crippen LogP contribution in [0.25, 0.3) is 0 Å². The number of aryl methyl sites for hydroxylation is 1. The molecule has 0 amide bonds. The lowest BCUT2D eigenvalue weighted by molar-refractivity contribution is 0.519. The number of benzene rings is 2. The van der Waals surface area contributed by atoms with Gasteiger partial charge < -0.3 is 5.32 Å². The van der Waals surface area contributed by atoms with Crippen molar-refractivity contribution >= 4 is 15.9 Å². The molecule has 1 atom stereocenters. The van der Waals surface area contributed by atoms with Gasteiger partial charge in [0.05, 0.1) is 6.04 Å². The Morgan fingerprint density at radius 3 is 2.10 bits per heavy atom. The largest absolute Gasteiger partial charge is 0.309 e. The molecule has 0 aliphatic carbocycles. The van der Waals surface area contributed by atoms with E-state index in [1.165, 1.54) is 18.2 Å². The topological polar surface area (TPSA) is 12.0 Å². The predicted octanol–water partition coefficient (Wildman–Crippen LogP) is 4.48. The van der Waals surface area contributed by atoms with E-state index >= 15 is 0 Å². The van der Waals surface area contributed by atoms with Gasteiger partial charge in [-0.3, -0.25) is 0 Å². The summed E-state index contributed by atoms with van der Waals surface area (Å²) < 4.78 is 42.0. The van der Waals surface area contributed by atoms with Crippen LogP contribution in [-0.2, 0) is 0 Å². The summed E-state index contributed by atoms with van der Waals surface area (Å²) in [6.07, 6.45) is 0.